The normalized spacial score (nSPS) is 10.4. The second-order valence-corrected chi connectivity index (χ2v) is 5.96. The van der Waals surface area contributed by atoms with Gasteiger partial charge in [0.05, 0.1) is 12.2 Å². The largest absolute Gasteiger partial charge is 0.462 e. The van der Waals surface area contributed by atoms with Crippen LogP contribution in [0.25, 0.3) is 0 Å². The molecular weight excluding hydrogens is 318 g/mol. The molecule has 0 spiro atoms. The van der Waals surface area contributed by atoms with Crippen LogP contribution in [0.2, 0.25) is 0 Å². The molecule has 0 aliphatic carbocycles. The Morgan fingerprint density at radius 3 is 2.48 bits per heavy atom. The van der Waals surface area contributed by atoms with Gasteiger partial charge >= 0.3 is 5.97 Å². The summed E-state index contributed by atoms with van der Waals surface area (Å²) in [6, 6.07) is 10.4. The van der Waals surface area contributed by atoms with Crippen LogP contribution in [0.3, 0.4) is 0 Å². The highest BCUT2D eigenvalue weighted by Crippen LogP contribution is 2.18. The Morgan fingerprint density at radius 2 is 1.84 bits per heavy atom. The van der Waals surface area contributed by atoms with Gasteiger partial charge in [0.2, 0.25) is 0 Å². The summed E-state index contributed by atoms with van der Waals surface area (Å²) in [5, 5.41) is 6.03. The molecule has 2 rings (SSSR count). The Hall–Kier alpha value is -2.89. The number of aromatic nitrogens is 1. The minimum atomic E-state index is -0.345. The van der Waals surface area contributed by atoms with E-state index >= 15 is 0 Å². The third kappa shape index (κ3) is 5.60. The van der Waals surface area contributed by atoms with Gasteiger partial charge in [0.15, 0.2) is 0 Å². The summed E-state index contributed by atoms with van der Waals surface area (Å²) in [7, 11) is 0. The summed E-state index contributed by atoms with van der Waals surface area (Å²) in [6.07, 6.45) is 1.58. The van der Waals surface area contributed by atoms with Crippen LogP contribution in [0.5, 0.6) is 0 Å². The number of carbonyl (C=O) groups excluding carboxylic acids is 2. The van der Waals surface area contributed by atoms with E-state index in [0.717, 1.165) is 11.4 Å². The maximum Gasteiger partial charge on any atom is 0.338 e. The smallest absolute Gasteiger partial charge is 0.338 e. The lowest BCUT2D eigenvalue weighted by molar-refractivity contribution is 0.0526. The number of pyridine rings is 1. The lowest BCUT2D eigenvalue weighted by Gasteiger charge is -2.10. The van der Waals surface area contributed by atoms with E-state index in [4.69, 9.17) is 4.74 Å². The van der Waals surface area contributed by atoms with E-state index in [-0.39, 0.29) is 11.9 Å². The topological polar surface area (TPSA) is 80.3 Å². The first-order chi connectivity index (χ1) is 12.0. The highest BCUT2D eigenvalue weighted by atomic mass is 16.5. The molecule has 1 amide bonds. The maximum atomic E-state index is 12.1. The zero-order valence-electron chi connectivity index (χ0n) is 14.7. The van der Waals surface area contributed by atoms with Crippen LogP contribution in [0.4, 0.5) is 11.4 Å². The quantitative estimate of drug-likeness (QED) is 0.755. The molecule has 2 N–H and O–H groups in total. The molecule has 1 aromatic carbocycles. The second-order valence-electron chi connectivity index (χ2n) is 5.96. The zero-order valence-corrected chi connectivity index (χ0v) is 14.7. The van der Waals surface area contributed by atoms with Gasteiger partial charge in [-0.05, 0) is 49.2 Å². The molecule has 6 nitrogen and oxygen atoms in total. The highest BCUT2D eigenvalue weighted by Gasteiger charge is 2.09. The van der Waals surface area contributed by atoms with Crippen molar-refractivity contribution >= 4 is 23.3 Å². The number of benzene rings is 1. The summed E-state index contributed by atoms with van der Waals surface area (Å²) in [5.41, 5.74) is 2.39. The predicted molar refractivity (Wildman–Crippen MR) is 97.1 cm³/mol. The standard InChI is InChI=1S/C19H23N3O3/c1-4-25-19(24)14-5-7-15(8-6-14)22-16-9-10-20-17(11-16)18(23)21-12-13(2)3/h5-11,13H,4,12H2,1-3H3,(H,20,22)(H,21,23). The van der Waals surface area contributed by atoms with Gasteiger partial charge in [0.25, 0.3) is 5.91 Å². The van der Waals surface area contributed by atoms with Gasteiger partial charge in [-0.25, -0.2) is 4.79 Å². The number of nitrogens with zero attached hydrogens (tertiary/aromatic N) is 1. The molecular formula is C19H23N3O3. The molecule has 0 unspecified atom stereocenters. The Morgan fingerprint density at radius 1 is 1.12 bits per heavy atom. The van der Waals surface area contributed by atoms with Crippen molar-refractivity contribution in [2.24, 2.45) is 5.92 Å². The number of amides is 1. The van der Waals surface area contributed by atoms with Gasteiger partial charge in [0.1, 0.15) is 5.69 Å². The summed E-state index contributed by atoms with van der Waals surface area (Å²) >= 11 is 0. The molecule has 0 saturated heterocycles. The van der Waals surface area contributed by atoms with Crippen LogP contribution in [0, 0.1) is 5.92 Å². The summed E-state index contributed by atoms with van der Waals surface area (Å²) in [5.74, 6) is -0.166. The van der Waals surface area contributed by atoms with Gasteiger partial charge in [-0.3, -0.25) is 9.78 Å². The maximum absolute atomic E-state index is 12.1. The van der Waals surface area contributed by atoms with Gasteiger partial charge in [-0.1, -0.05) is 13.8 Å². The highest BCUT2D eigenvalue weighted by molar-refractivity contribution is 5.93. The molecule has 0 fully saturated rings. The van der Waals surface area contributed by atoms with E-state index in [9.17, 15) is 9.59 Å². The van der Waals surface area contributed by atoms with E-state index in [0.29, 0.717) is 30.3 Å². The van der Waals surface area contributed by atoms with Gasteiger partial charge < -0.3 is 15.4 Å². The first-order valence-corrected chi connectivity index (χ1v) is 8.28. The van der Waals surface area contributed by atoms with E-state index in [1.807, 2.05) is 13.8 Å². The third-order valence-corrected chi connectivity index (χ3v) is 3.35. The number of rotatable bonds is 7. The molecule has 25 heavy (non-hydrogen) atoms. The minimum absolute atomic E-state index is 0.199. The minimum Gasteiger partial charge on any atom is -0.462 e. The van der Waals surface area contributed by atoms with E-state index in [1.165, 1.54) is 0 Å². The Bertz CT molecular complexity index is 727. The van der Waals surface area contributed by atoms with Crippen molar-refractivity contribution in [3.8, 4) is 0 Å². The van der Waals surface area contributed by atoms with Crippen molar-refractivity contribution in [2.75, 3.05) is 18.5 Å². The summed E-state index contributed by atoms with van der Waals surface area (Å²) in [4.78, 5) is 27.8. The number of hydrogen-bond acceptors (Lipinski definition) is 5. The lowest BCUT2D eigenvalue weighted by Crippen LogP contribution is -2.28. The molecule has 0 aliphatic rings. The Labute approximate surface area is 147 Å². The first-order valence-electron chi connectivity index (χ1n) is 8.28. The van der Waals surface area contributed by atoms with Crippen LogP contribution >= 0.6 is 0 Å². The van der Waals surface area contributed by atoms with Crippen molar-refractivity contribution in [3.05, 3.63) is 53.9 Å². The molecule has 0 atom stereocenters. The number of anilines is 2. The van der Waals surface area contributed by atoms with Crippen LogP contribution in [0.15, 0.2) is 42.6 Å². The Balaban J connectivity index is 2.04. The summed E-state index contributed by atoms with van der Waals surface area (Å²) in [6.45, 7) is 6.79. The molecule has 1 aromatic heterocycles. The van der Waals surface area contributed by atoms with Crippen molar-refractivity contribution in [3.63, 3.8) is 0 Å². The molecule has 6 heteroatoms. The fraction of sp³-hybridized carbons (Fsp3) is 0.316. The molecule has 1 heterocycles. The number of hydrogen-bond donors (Lipinski definition) is 2. The van der Waals surface area contributed by atoms with Crippen LogP contribution in [-0.4, -0.2) is 30.0 Å². The van der Waals surface area contributed by atoms with Gasteiger partial charge in [0, 0.05) is 24.1 Å². The van der Waals surface area contributed by atoms with Crippen LogP contribution in [0.1, 0.15) is 41.6 Å². The fourth-order valence-corrected chi connectivity index (χ4v) is 2.09. The van der Waals surface area contributed by atoms with Crippen LogP contribution < -0.4 is 10.6 Å². The zero-order chi connectivity index (χ0) is 18.2. The summed E-state index contributed by atoms with van der Waals surface area (Å²) < 4.78 is 4.96. The Kier molecular flexibility index (Phi) is 6.51. The monoisotopic (exact) mass is 341 g/mol. The molecule has 2 aromatic rings. The van der Waals surface area contributed by atoms with E-state index in [1.54, 1.807) is 49.5 Å². The van der Waals surface area contributed by atoms with E-state index in [2.05, 4.69) is 15.6 Å². The first kappa shape index (κ1) is 18.4. The number of ether oxygens (including phenoxy) is 1. The number of nitrogens with one attached hydrogen (secondary N) is 2. The van der Waals surface area contributed by atoms with Crippen LogP contribution in [-0.2, 0) is 4.74 Å². The van der Waals surface area contributed by atoms with Gasteiger partial charge in [-0.15, -0.1) is 0 Å². The second kappa shape index (κ2) is 8.82. The molecule has 0 aliphatic heterocycles. The SMILES string of the molecule is CCOC(=O)c1ccc(Nc2ccnc(C(=O)NCC(C)C)c2)cc1. The third-order valence-electron chi connectivity index (χ3n) is 3.35. The van der Waals surface area contributed by atoms with Crippen molar-refractivity contribution in [2.45, 2.75) is 20.8 Å². The van der Waals surface area contributed by atoms with Gasteiger partial charge in [-0.2, -0.15) is 0 Å². The molecule has 132 valence electrons. The molecule has 0 bridgehead atoms. The fourth-order valence-electron chi connectivity index (χ4n) is 2.09. The van der Waals surface area contributed by atoms with E-state index < -0.39 is 0 Å². The number of esters is 1. The average molecular weight is 341 g/mol. The molecule has 0 radical (unpaired) electrons. The van der Waals surface area contributed by atoms with Crippen molar-refractivity contribution < 1.29 is 14.3 Å². The van der Waals surface area contributed by atoms with Crippen molar-refractivity contribution in [1.29, 1.82) is 0 Å². The van der Waals surface area contributed by atoms with Crippen molar-refractivity contribution in [1.82, 2.24) is 10.3 Å². The lowest BCUT2D eigenvalue weighted by atomic mass is 10.2. The predicted octanol–water partition coefficient (Wildman–Crippen LogP) is 3.39. The molecule has 0 saturated carbocycles. The average Bonchev–Trinajstić information content (AvgIpc) is 2.60. The number of carbonyl (C=O) groups is 2.